The van der Waals surface area contributed by atoms with Crippen LogP contribution < -0.4 is 14.2 Å². The summed E-state index contributed by atoms with van der Waals surface area (Å²) in [6, 6.07) is 14.2. The number of halogens is 3. The lowest BCUT2D eigenvalue weighted by atomic mass is 10.0. The van der Waals surface area contributed by atoms with Gasteiger partial charge >= 0.3 is 0 Å². The van der Waals surface area contributed by atoms with Crippen molar-refractivity contribution in [3.05, 3.63) is 77.6 Å². The Bertz CT molecular complexity index is 940. The SMILES string of the molecule is COc1ccc(-c2ccc(COc3ccc(OC)c(F)c3F)cc2)c(F)c1. The maximum atomic E-state index is 14.1. The van der Waals surface area contributed by atoms with Gasteiger partial charge in [0, 0.05) is 11.6 Å². The molecule has 3 rings (SSSR count). The summed E-state index contributed by atoms with van der Waals surface area (Å²) in [5, 5.41) is 0. The fourth-order valence-corrected chi connectivity index (χ4v) is 2.58. The Hall–Kier alpha value is -3.15. The molecule has 3 aromatic carbocycles. The molecule has 0 aliphatic carbocycles. The second-order valence-electron chi connectivity index (χ2n) is 5.73. The Morgan fingerprint density at radius 2 is 1.41 bits per heavy atom. The van der Waals surface area contributed by atoms with Crippen molar-refractivity contribution in [1.82, 2.24) is 0 Å². The zero-order chi connectivity index (χ0) is 19.4. The van der Waals surface area contributed by atoms with Gasteiger partial charge in [0.25, 0.3) is 0 Å². The van der Waals surface area contributed by atoms with E-state index in [0.29, 0.717) is 16.9 Å². The molecule has 0 saturated heterocycles. The fourth-order valence-electron chi connectivity index (χ4n) is 2.58. The van der Waals surface area contributed by atoms with E-state index < -0.39 is 17.5 Å². The summed E-state index contributed by atoms with van der Waals surface area (Å²) in [5.41, 5.74) is 1.84. The van der Waals surface area contributed by atoms with Crippen LogP contribution in [0.4, 0.5) is 13.2 Å². The minimum absolute atomic E-state index is 0.0358. The van der Waals surface area contributed by atoms with E-state index in [1.807, 2.05) is 0 Å². The molecule has 0 radical (unpaired) electrons. The average molecular weight is 374 g/mol. The van der Waals surface area contributed by atoms with Gasteiger partial charge in [-0.2, -0.15) is 8.78 Å². The second-order valence-corrected chi connectivity index (χ2v) is 5.73. The molecule has 0 aromatic heterocycles. The van der Waals surface area contributed by atoms with Gasteiger partial charge in [-0.3, -0.25) is 0 Å². The van der Waals surface area contributed by atoms with E-state index in [2.05, 4.69) is 0 Å². The van der Waals surface area contributed by atoms with Gasteiger partial charge in [0.1, 0.15) is 18.2 Å². The zero-order valence-electron chi connectivity index (χ0n) is 14.8. The summed E-state index contributed by atoms with van der Waals surface area (Å²) < 4.78 is 56.8. The number of benzene rings is 3. The molecule has 0 atom stereocenters. The maximum Gasteiger partial charge on any atom is 0.204 e. The smallest absolute Gasteiger partial charge is 0.204 e. The van der Waals surface area contributed by atoms with Crippen molar-refractivity contribution in [2.24, 2.45) is 0 Å². The van der Waals surface area contributed by atoms with E-state index in [1.165, 1.54) is 32.4 Å². The predicted molar refractivity (Wildman–Crippen MR) is 95.6 cm³/mol. The highest BCUT2D eigenvalue weighted by Gasteiger charge is 2.15. The van der Waals surface area contributed by atoms with Crippen molar-refractivity contribution in [3.63, 3.8) is 0 Å². The molecule has 0 N–H and O–H groups in total. The fraction of sp³-hybridized carbons (Fsp3) is 0.143. The molecule has 0 aliphatic heterocycles. The molecule has 0 fully saturated rings. The van der Waals surface area contributed by atoms with Crippen LogP contribution in [0.15, 0.2) is 54.6 Å². The molecular weight excluding hydrogens is 357 g/mol. The van der Waals surface area contributed by atoms with Crippen LogP contribution in [0.25, 0.3) is 11.1 Å². The quantitative estimate of drug-likeness (QED) is 0.581. The van der Waals surface area contributed by atoms with E-state index in [-0.39, 0.29) is 18.1 Å². The third-order valence-corrected chi connectivity index (χ3v) is 4.07. The summed E-state index contributed by atoms with van der Waals surface area (Å²) in [7, 11) is 2.73. The summed E-state index contributed by atoms with van der Waals surface area (Å²) >= 11 is 0. The Balaban J connectivity index is 1.72. The minimum Gasteiger partial charge on any atom is -0.497 e. The average Bonchev–Trinajstić information content (AvgIpc) is 2.69. The molecule has 6 heteroatoms. The van der Waals surface area contributed by atoms with Crippen molar-refractivity contribution in [3.8, 4) is 28.4 Å². The van der Waals surface area contributed by atoms with Crippen LogP contribution in [0, 0.1) is 17.5 Å². The summed E-state index contributed by atoms with van der Waals surface area (Å²) in [5.74, 6) is -2.56. The monoisotopic (exact) mass is 374 g/mol. The first kappa shape index (κ1) is 18.6. The van der Waals surface area contributed by atoms with Crippen LogP contribution in [0.2, 0.25) is 0 Å². The van der Waals surface area contributed by atoms with Crippen LogP contribution in [0.1, 0.15) is 5.56 Å². The third kappa shape index (κ3) is 4.00. The van der Waals surface area contributed by atoms with Crippen molar-refractivity contribution < 1.29 is 27.4 Å². The molecule has 140 valence electrons. The van der Waals surface area contributed by atoms with Gasteiger partial charge in [-0.25, -0.2) is 4.39 Å². The molecule has 0 aliphatic rings. The largest absolute Gasteiger partial charge is 0.497 e. The Labute approximate surface area is 154 Å². The number of rotatable bonds is 6. The molecule has 0 spiro atoms. The number of methoxy groups -OCH3 is 2. The van der Waals surface area contributed by atoms with Crippen molar-refractivity contribution in [1.29, 1.82) is 0 Å². The van der Waals surface area contributed by atoms with Crippen molar-refractivity contribution in [2.75, 3.05) is 14.2 Å². The van der Waals surface area contributed by atoms with Gasteiger partial charge in [0.05, 0.1) is 14.2 Å². The lowest BCUT2D eigenvalue weighted by molar-refractivity contribution is 0.280. The molecule has 0 heterocycles. The van der Waals surface area contributed by atoms with Crippen LogP contribution in [-0.4, -0.2) is 14.2 Å². The van der Waals surface area contributed by atoms with E-state index in [4.69, 9.17) is 14.2 Å². The highest BCUT2D eigenvalue weighted by molar-refractivity contribution is 5.65. The van der Waals surface area contributed by atoms with Crippen LogP contribution >= 0.6 is 0 Å². The topological polar surface area (TPSA) is 27.7 Å². The van der Waals surface area contributed by atoms with Gasteiger partial charge in [-0.1, -0.05) is 24.3 Å². The molecule has 0 bridgehead atoms. The van der Waals surface area contributed by atoms with E-state index >= 15 is 0 Å². The zero-order valence-corrected chi connectivity index (χ0v) is 14.8. The lowest BCUT2D eigenvalue weighted by Crippen LogP contribution is -2.00. The maximum absolute atomic E-state index is 14.1. The van der Waals surface area contributed by atoms with Gasteiger partial charge in [0.15, 0.2) is 11.5 Å². The Kier molecular flexibility index (Phi) is 5.54. The van der Waals surface area contributed by atoms with Crippen LogP contribution in [0.5, 0.6) is 17.2 Å². The number of ether oxygens (including phenoxy) is 3. The highest BCUT2D eigenvalue weighted by atomic mass is 19.2. The highest BCUT2D eigenvalue weighted by Crippen LogP contribution is 2.29. The molecule has 0 saturated carbocycles. The van der Waals surface area contributed by atoms with E-state index in [9.17, 15) is 13.2 Å². The van der Waals surface area contributed by atoms with Crippen molar-refractivity contribution in [2.45, 2.75) is 6.61 Å². The second kappa shape index (κ2) is 8.03. The normalized spacial score (nSPS) is 10.6. The molecule has 0 unspecified atom stereocenters. The number of hydrogen-bond donors (Lipinski definition) is 0. The molecule has 0 amide bonds. The van der Waals surface area contributed by atoms with Gasteiger partial charge < -0.3 is 14.2 Å². The van der Waals surface area contributed by atoms with Crippen molar-refractivity contribution >= 4 is 0 Å². The molecule has 3 aromatic rings. The minimum atomic E-state index is -1.11. The van der Waals surface area contributed by atoms with E-state index in [1.54, 1.807) is 36.4 Å². The van der Waals surface area contributed by atoms with Gasteiger partial charge in [-0.15, -0.1) is 0 Å². The third-order valence-electron chi connectivity index (χ3n) is 4.07. The Morgan fingerprint density at radius 3 is 2.04 bits per heavy atom. The standard InChI is InChI=1S/C21H17F3O3/c1-25-15-7-8-16(17(22)11-15)14-5-3-13(4-6-14)12-27-19-10-9-18(26-2)20(23)21(19)24/h3-11H,12H2,1-2H3. The lowest BCUT2D eigenvalue weighted by Gasteiger charge is -2.10. The predicted octanol–water partition coefficient (Wildman–Crippen LogP) is 5.37. The van der Waals surface area contributed by atoms with Gasteiger partial charge in [-0.05, 0) is 35.4 Å². The van der Waals surface area contributed by atoms with Gasteiger partial charge in [0.2, 0.25) is 11.6 Å². The van der Waals surface area contributed by atoms with Crippen LogP contribution in [0.3, 0.4) is 0 Å². The Morgan fingerprint density at radius 1 is 0.741 bits per heavy atom. The summed E-state index contributed by atoms with van der Waals surface area (Å²) in [4.78, 5) is 0. The number of hydrogen-bond acceptors (Lipinski definition) is 3. The first-order valence-corrected chi connectivity index (χ1v) is 8.11. The summed E-state index contributed by atoms with van der Waals surface area (Å²) in [6.45, 7) is 0.0358. The molecule has 27 heavy (non-hydrogen) atoms. The molecular formula is C21H17F3O3. The summed E-state index contributed by atoms with van der Waals surface area (Å²) in [6.07, 6.45) is 0. The first-order valence-electron chi connectivity index (χ1n) is 8.11. The van der Waals surface area contributed by atoms with E-state index in [0.717, 1.165) is 5.56 Å². The molecule has 3 nitrogen and oxygen atoms in total. The first-order chi connectivity index (χ1) is 13.0. The van der Waals surface area contributed by atoms with Crippen LogP contribution in [-0.2, 0) is 6.61 Å².